The van der Waals surface area contributed by atoms with E-state index in [1.165, 1.54) is 0 Å². The van der Waals surface area contributed by atoms with Crippen LogP contribution < -0.4 is 35.3 Å². The van der Waals surface area contributed by atoms with Gasteiger partial charge in [-0.3, -0.25) is 4.79 Å². The number of nitrogens with two attached hydrogens (primary N) is 1. The van der Waals surface area contributed by atoms with E-state index in [9.17, 15) is 4.79 Å². The Morgan fingerprint density at radius 1 is 1.42 bits per heavy atom. The van der Waals surface area contributed by atoms with Crippen LogP contribution in [0.5, 0.6) is 0 Å². The van der Waals surface area contributed by atoms with Crippen molar-refractivity contribution in [2.45, 2.75) is 25.7 Å². The van der Waals surface area contributed by atoms with Gasteiger partial charge in [0.1, 0.15) is 0 Å². The number of rotatable bonds is 2. The molecule has 0 amide bonds. The molecular weight excluding hydrogens is 165 g/mol. The van der Waals surface area contributed by atoms with Crippen molar-refractivity contribution in [1.29, 1.82) is 0 Å². The number of hydrogen-bond acceptors (Lipinski definition) is 2. The normalized spacial score (nSPS) is 29.1. The van der Waals surface area contributed by atoms with Crippen LogP contribution in [0.2, 0.25) is 0 Å². The number of carboxylic acids is 1. The Morgan fingerprint density at radius 3 is 2.25 bits per heavy atom. The topological polar surface area (TPSA) is 63.3 Å². The second-order valence-electron chi connectivity index (χ2n) is 3.29. The second-order valence-corrected chi connectivity index (χ2v) is 3.29. The molecule has 0 aliphatic heterocycles. The summed E-state index contributed by atoms with van der Waals surface area (Å²) >= 11 is 0. The fraction of sp³-hybridized carbons (Fsp3) is 0.875. The summed E-state index contributed by atoms with van der Waals surface area (Å²) in [5, 5.41) is 8.67. The molecule has 3 nitrogen and oxygen atoms in total. The Morgan fingerprint density at radius 2 is 1.92 bits per heavy atom. The van der Waals surface area contributed by atoms with E-state index in [4.69, 9.17) is 10.8 Å². The van der Waals surface area contributed by atoms with E-state index in [2.05, 4.69) is 0 Å². The van der Waals surface area contributed by atoms with Crippen LogP contribution in [-0.2, 0) is 4.79 Å². The third kappa shape index (κ3) is 3.44. The maximum Gasteiger partial charge on any atom is 1.00 e. The Hall–Kier alpha value is 0.430. The minimum Gasteiger partial charge on any atom is -1.00 e. The number of hydrogen-bond donors (Lipinski definition) is 2. The summed E-state index contributed by atoms with van der Waals surface area (Å²) in [4.78, 5) is 10.5. The molecule has 1 fully saturated rings. The third-order valence-corrected chi connectivity index (χ3v) is 2.53. The summed E-state index contributed by atoms with van der Waals surface area (Å²) in [6.45, 7) is 0.715. The van der Waals surface area contributed by atoms with Crippen molar-refractivity contribution in [3.05, 3.63) is 0 Å². The van der Waals surface area contributed by atoms with Gasteiger partial charge in [0.25, 0.3) is 0 Å². The molecule has 1 rings (SSSR count). The monoisotopic (exact) mass is 181 g/mol. The maximum absolute atomic E-state index is 10.5. The predicted octanol–water partition coefficient (Wildman–Crippen LogP) is -2.05. The predicted molar refractivity (Wildman–Crippen MR) is 43.3 cm³/mol. The van der Waals surface area contributed by atoms with Gasteiger partial charge in [0.2, 0.25) is 0 Å². The maximum atomic E-state index is 10.5. The number of aliphatic carboxylic acids is 1. The first kappa shape index (κ1) is 12.4. The van der Waals surface area contributed by atoms with Gasteiger partial charge in [0.05, 0.1) is 5.92 Å². The zero-order valence-corrected chi connectivity index (χ0v) is 9.62. The summed E-state index contributed by atoms with van der Waals surface area (Å²) in [5.74, 6) is -0.163. The van der Waals surface area contributed by atoms with Crippen LogP contribution in [0.1, 0.15) is 27.1 Å². The van der Waals surface area contributed by atoms with E-state index >= 15 is 0 Å². The molecule has 12 heavy (non-hydrogen) atoms. The van der Waals surface area contributed by atoms with Gasteiger partial charge in [-0.2, -0.15) is 0 Å². The third-order valence-electron chi connectivity index (χ3n) is 2.53. The van der Waals surface area contributed by atoms with Crippen molar-refractivity contribution in [3.8, 4) is 0 Å². The molecule has 66 valence electrons. The van der Waals surface area contributed by atoms with Crippen LogP contribution in [0.3, 0.4) is 0 Å². The van der Waals surface area contributed by atoms with Gasteiger partial charge in [-0.15, -0.1) is 0 Å². The van der Waals surface area contributed by atoms with Gasteiger partial charge >= 0.3 is 35.5 Å². The van der Waals surface area contributed by atoms with Crippen molar-refractivity contribution < 1.29 is 40.9 Å². The van der Waals surface area contributed by atoms with E-state index in [1.54, 1.807) is 0 Å². The van der Waals surface area contributed by atoms with Gasteiger partial charge < -0.3 is 12.3 Å². The first-order valence-corrected chi connectivity index (χ1v) is 4.17. The van der Waals surface area contributed by atoms with Gasteiger partial charge in [-0.1, -0.05) is 0 Å². The van der Waals surface area contributed by atoms with Crippen LogP contribution in [0, 0.1) is 11.8 Å². The minimum atomic E-state index is -0.638. The largest absolute Gasteiger partial charge is 1.00 e. The molecule has 0 heterocycles. The van der Waals surface area contributed by atoms with E-state index in [0.717, 1.165) is 25.7 Å². The molecule has 0 spiro atoms. The van der Waals surface area contributed by atoms with Crippen molar-refractivity contribution >= 4 is 5.97 Å². The molecule has 0 atom stereocenters. The van der Waals surface area contributed by atoms with E-state index in [-0.39, 0.29) is 36.9 Å². The van der Waals surface area contributed by atoms with Crippen molar-refractivity contribution in [3.63, 3.8) is 0 Å². The molecule has 0 aromatic heterocycles. The Bertz CT molecular complexity index is 149. The molecule has 1 aliphatic rings. The summed E-state index contributed by atoms with van der Waals surface area (Å²) in [6.07, 6.45) is 3.62. The van der Waals surface area contributed by atoms with Crippen LogP contribution in [-0.4, -0.2) is 17.6 Å². The number of carbonyl (C=O) groups is 1. The fourth-order valence-corrected chi connectivity index (χ4v) is 1.65. The standard InChI is InChI=1S/C8H15NO2.Na.H/c9-5-6-1-3-7(4-2-6)8(10)11;;/h6-7H,1-5,9H2,(H,10,11);;/q;+1;-1. The minimum absolute atomic E-state index is 0. The first-order valence-electron chi connectivity index (χ1n) is 4.17. The van der Waals surface area contributed by atoms with Crippen LogP contribution >= 0.6 is 0 Å². The fourth-order valence-electron chi connectivity index (χ4n) is 1.65. The summed E-state index contributed by atoms with van der Waals surface area (Å²) in [7, 11) is 0. The van der Waals surface area contributed by atoms with E-state index in [1.807, 2.05) is 0 Å². The molecule has 4 heteroatoms. The van der Waals surface area contributed by atoms with E-state index in [0.29, 0.717) is 12.5 Å². The zero-order chi connectivity index (χ0) is 8.27. The Labute approximate surface area is 96.5 Å². The molecule has 0 unspecified atom stereocenters. The Balaban J connectivity index is 0. The molecule has 1 aliphatic carbocycles. The summed E-state index contributed by atoms with van der Waals surface area (Å²) < 4.78 is 0. The van der Waals surface area contributed by atoms with Crippen LogP contribution in [0.25, 0.3) is 0 Å². The van der Waals surface area contributed by atoms with Crippen LogP contribution in [0.15, 0.2) is 0 Å². The van der Waals surface area contributed by atoms with Gasteiger partial charge in [-0.05, 0) is 38.1 Å². The van der Waals surface area contributed by atoms with Crippen molar-refractivity contribution in [2.75, 3.05) is 6.54 Å². The average molecular weight is 181 g/mol. The summed E-state index contributed by atoms with van der Waals surface area (Å²) in [6, 6.07) is 0. The van der Waals surface area contributed by atoms with Crippen LogP contribution in [0.4, 0.5) is 0 Å². The molecular formula is C8H16NNaO2. The molecule has 0 aromatic rings. The molecule has 0 radical (unpaired) electrons. The quantitative estimate of drug-likeness (QED) is 0.482. The number of carboxylic acid groups (broad SMARTS) is 1. The first-order chi connectivity index (χ1) is 5.24. The van der Waals surface area contributed by atoms with Gasteiger partial charge in [0.15, 0.2) is 0 Å². The molecule has 1 saturated carbocycles. The zero-order valence-electron chi connectivity index (χ0n) is 8.62. The Kier molecular flexibility index (Phi) is 6.19. The SMILES string of the molecule is NCC1CCC(C(=O)O)CC1.[H-].[Na+]. The van der Waals surface area contributed by atoms with E-state index < -0.39 is 5.97 Å². The average Bonchev–Trinajstić information content (AvgIpc) is 2.05. The van der Waals surface area contributed by atoms with Crippen molar-refractivity contribution in [1.82, 2.24) is 0 Å². The van der Waals surface area contributed by atoms with Gasteiger partial charge in [-0.25, -0.2) is 0 Å². The molecule has 0 saturated heterocycles. The summed E-state index contributed by atoms with van der Waals surface area (Å²) in [5.41, 5.74) is 5.48. The second kappa shape index (κ2) is 5.97. The van der Waals surface area contributed by atoms with Gasteiger partial charge in [0, 0.05) is 0 Å². The smallest absolute Gasteiger partial charge is 1.00 e. The molecule has 3 N–H and O–H groups in total. The molecule has 0 bridgehead atoms. The molecule has 0 aromatic carbocycles. The van der Waals surface area contributed by atoms with Crippen molar-refractivity contribution in [2.24, 2.45) is 17.6 Å².